The summed E-state index contributed by atoms with van der Waals surface area (Å²) < 4.78 is 26.5. The van der Waals surface area contributed by atoms with E-state index in [-0.39, 0.29) is 47.2 Å². The van der Waals surface area contributed by atoms with Crippen molar-refractivity contribution in [1.29, 1.82) is 0 Å². The Morgan fingerprint density at radius 3 is 2.19 bits per heavy atom. The van der Waals surface area contributed by atoms with E-state index in [1.807, 2.05) is 13.8 Å². The number of rotatable bonds is 7. The van der Waals surface area contributed by atoms with Crippen molar-refractivity contribution in [2.24, 2.45) is 5.92 Å². The van der Waals surface area contributed by atoms with Gasteiger partial charge in [-0.1, -0.05) is 13.8 Å². The Morgan fingerprint density at radius 1 is 0.903 bits per heavy atom. The Morgan fingerprint density at radius 2 is 1.55 bits per heavy atom. The number of halogens is 2. The van der Waals surface area contributed by atoms with E-state index in [0.717, 1.165) is 12.1 Å². The lowest BCUT2D eigenvalue weighted by Crippen LogP contribution is -2.35. The molecule has 0 saturated carbocycles. The second-order valence-corrected chi connectivity index (χ2v) is 7.51. The molecule has 3 rings (SSSR count). The number of nitrogens with zero attached hydrogens (tertiary/aromatic N) is 1. The summed E-state index contributed by atoms with van der Waals surface area (Å²) in [5.41, 5.74) is 0.330. The maximum atomic E-state index is 13.6. The lowest BCUT2D eigenvalue weighted by atomic mass is 10.1. The molecule has 7 nitrogen and oxygen atoms in total. The van der Waals surface area contributed by atoms with Crippen LogP contribution in [0.15, 0.2) is 36.4 Å². The van der Waals surface area contributed by atoms with E-state index in [2.05, 4.69) is 10.6 Å². The summed E-state index contributed by atoms with van der Waals surface area (Å²) in [4.78, 5) is 50.3. The van der Waals surface area contributed by atoms with E-state index in [0.29, 0.717) is 12.6 Å². The van der Waals surface area contributed by atoms with Gasteiger partial charge in [0.2, 0.25) is 0 Å². The molecule has 2 N–H and O–H groups in total. The fraction of sp³-hybridized carbons (Fsp3) is 0.273. The van der Waals surface area contributed by atoms with E-state index in [1.165, 1.54) is 23.1 Å². The van der Waals surface area contributed by atoms with Crippen LogP contribution in [0.25, 0.3) is 0 Å². The maximum absolute atomic E-state index is 13.6. The zero-order valence-corrected chi connectivity index (χ0v) is 17.0. The van der Waals surface area contributed by atoms with Gasteiger partial charge in [0.1, 0.15) is 11.6 Å². The van der Waals surface area contributed by atoms with Crippen molar-refractivity contribution >= 4 is 23.6 Å². The van der Waals surface area contributed by atoms with Crippen LogP contribution in [0.4, 0.5) is 8.78 Å². The smallest absolute Gasteiger partial charge is 0.261 e. The predicted molar refractivity (Wildman–Crippen MR) is 108 cm³/mol. The summed E-state index contributed by atoms with van der Waals surface area (Å²) in [6, 6.07) is 6.89. The lowest BCUT2D eigenvalue weighted by Gasteiger charge is -2.15. The average Bonchev–Trinajstić information content (AvgIpc) is 2.95. The third-order valence-electron chi connectivity index (χ3n) is 4.65. The first-order chi connectivity index (χ1) is 14.7. The highest BCUT2D eigenvalue weighted by molar-refractivity contribution is 6.22. The van der Waals surface area contributed by atoms with Crippen molar-refractivity contribution in [3.05, 3.63) is 70.3 Å². The molecule has 4 amide bonds. The van der Waals surface area contributed by atoms with Gasteiger partial charge in [0.05, 0.1) is 16.7 Å². The first-order valence-electron chi connectivity index (χ1n) is 9.70. The van der Waals surface area contributed by atoms with Gasteiger partial charge in [-0.05, 0) is 36.2 Å². The van der Waals surface area contributed by atoms with Crippen LogP contribution in [-0.2, 0) is 0 Å². The SMILES string of the molecule is CC(C)CN1C(=O)c2ccc(C(=O)NCCNC(=O)c3ccc(F)cc3F)cc2C1=O. The zero-order chi connectivity index (χ0) is 22.7. The molecule has 0 aromatic heterocycles. The molecule has 0 bridgehead atoms. The number of benzene rings is 2. The first kappa shape index (κ1) is 22.1. The van der Waals surface area contributed by atoms with Gasteiger partial charge in [0, 0.05) is 31.3 Å². The number of hydrogen-bond acceptors (Lipinski definition) is 4. The topological polar surface area (TPSA) is 95.6 Å². The minimum absolute atomic E-state index is 0.00587. The quantitative estimate of drug-likeness (QED) is 0.522. The van der Waals surface area contributed by atoms with Crippen molar-refractivity contribution < 1.29 is 28.0 Å². The number of amides is 4. The number of fused-ring (bicyclic) bond motifs is 1. The van der Waals surface area contributed by atoms with E-state index in [1.54, 1.807) is 0 Å². The molecule has 9 heteroatoms. The Labute approximate surface area is 177 Å². The highest BCUT2D eigenvalue weighted by atomic mass is 19.1. The van der Waals surface area contributed by atoms with Crippen LogP contribution in [0.3, 0.4) is 0 Å². The molecular weight excluding hydrogens is 408 g/mol. The number of imide groups is 1. The highest BCUT2D eigenvalue weighted by Gasteiger charge is 2.36. The average molecular weight is 429 g/mol. The summed E-state index contributed by atoms with van der Waals surface area (Å²) in [6.07, 6.45) is 0. The van der Waals surface area contributed by atoms with Gasteiger partial charge < -0.3 is 10.6 Å². The van der Waals surface area contributed by atoms with E-state index >= 15 is 0 Å². The number of carbonyl (C=O) groups excluding carboxylic acids is 4. The molecule has 2 aromatic rings. The monoisotopic (exact) mass is 429 g/mol. The first-order valence-corrected chi connectivity index (χ1v) is 9.70. The largest absolute Gasteiger partial charge is 0.350 e. The Kier molecular flexibility index (Phi) is 6.43. The second kappa shape index (κ2) is 9.03. The summed E-state index contributed by atoms with van der Waals surface area (Å²) in [6.45, 7) is 4.13. The molecule has 0 spiro atoms. The minimum Gasteiger partial charge on any atom is -0.350 e. The molecule has 0 saturated heterocycles. The fourth-order valence-corrected chi connectivity index (χ4v) is 3.19. The number of hydrogen-bond donors (Lipinski definition) is 2. The van der Waals surface area contributed by atoms with Gasteiger partial charge in [-0.15, -0.1) is 0 Å². The minimum atomic E-state index is -0.981. The van der Waals surface area contributed by atoms with Crippen molar-refractivity contribution in [1.82, 2.24) is 15.5 Å². The third-order valence-corrected chi connectivity index (χ3v) is 4.65. The van der Waals surface area contributed by atoms with Crippen molar-refractivity contribution in [2.75, 3.05) is 19.6 Å². The highest BCUT2D eigenvalue weighted by Crippen LogP contribution is 2.24. The van der Waals surface area contributed by atoms with Crippen LogP contribution in [0.2, 0.25) is 0 Å². The molecule has 0 unspecified atom stereocenters. The zero-order valence-electron chi connectivity index (χ0n) is 17.0. The van der Waals surface area contributed by atoms with Crippen LogP contribution in [-0.4, -0.2) is 48.2 Å². The van der Waals surface area contributed by atoms with Gasteiger partial charge >= 0.3 is 0 Å². The van der Waals surface area contributed by atoms with E-state index < -0.39 is 29.4 Å². The maximum Gasteiger partial charge on any atom is 0.261 e. The lowest BCUT2D eigenvalue weighted by molar-refractivity contribution is 0.0635. The van der Waals surface area contributed by atoms with Crippen molar-refractivity contribution in [2.45, 2.75) is 13.8 Å². The third kappa shape index (κ3) is 4.76. The van der Waals surface area contributed by atoms with Gasteiger partial charge in [0.25, 0.3) is 23.6 Å². The van der Waals surface area contributed by atoms with Crippen LogP contribution in [0, 0.1) is 17.6 Å². The number of nitrogens with one attached hydrogen (secondary N) is 2. The van der Waals surface area contributed by atoms with Crippen LogP contribution in [0.5, 0.6) is 0 Å². The van der Waals surface area contributed by atoms with Crippen LogP contribution < -0.4 is 10.6 Å². The van der Waals surface area contributed by atoms with Gasteiger partial charge in [-0.2, -0.15) is 0 Å². The predicted octanol–water partition coefficient (Wildman–Crippen LogP) is 2.38. The summed E-state index contributed by atoms with van der Waals surface area (Å²) in [7, 11) is 0. The van der Waals surface area contributed by atoms with Gasteiger partial charge in [-0.25, -0.2) is 8.78 Å². The van der Waals surface area contributed by atoms with Gasteiger partial charge in [0.15, 0.2) is 0 Å². The van der Waals surface area contributed by atoms with Crippen molar-refractivity contribution in [3.8, 4) is 0 Å². The van der Waals surface area contributed by atoms with Crippen LogP contribution >= 0.6 is 0 Å². The molecule has 0 fully saturated rings. The second-order valence-electron chi connectivity index (χ2n) is 7.51. The Balaban J connectivity index is 1.56. The molecule has 0 aliphatic carbocycles. The standard InChI is InChI=1S/C22H21F2N3O4/c1-12(2)11-27-21(30)15-5-3-13(9-17(15)22(27)31)19(28)25-7-8-26-20(29)16-6-4-14(23)10-18(16)24/h3-6,9-10,12H,7-8,11H2,1-2H3,(H,25,28)(H,26,29). The molecule has 0 radical (unpaired) electrons. The normalized spacial score (nSPS) is 12.9. The molecule has 1 aliphatic heterocycles. The summed E-state index contributed by atoms with van der Waals surface area (Å²) >= 11 is 0. The van der Waals surface area contributed by atoms with E-state index in [9.17, 15) is 28.0 Å². The molecule has 0 atom stereocenters. The molecular formula is C22H21F2N3O4. The Hall–Kier alpha value is -3.62. The van der Waals surface area contributed by atoms with Crippen molar-refractivity contribution in [3.63, 3.8) is 0 Å². The Bertz CT molecular complexity index is 1070. The summed E-state index contributed by atoms with van der Waals surface area (Å²) in [5.74, 6) is -3.70. The fourth-order valence-electron chi connectivity index (χ4n) is 3.19. The molecule has 31 heavy (non-hydrogen) atoms. The molecule has 1 aliphatic rings. The molecule has 2 aromatic carbocycles. The molecule has 1 heterocycles. The molecule has 162 valence electrons. The summed E-state index contributed by atoms with van der Waals surface area (Å²) in [5, 5.41) is 5.00. The van der Waals surface area contributed by atoms with Crippen LogP contribution in [0.1, 0.15) is 55.3 Å². The van der Waals surface area contributed by atoms with Gasteiger partial charge in [-0.3, -0.25) is 24.1 Å². The van der Waals surface area contributed by atoms with E-state index in [4.69, 9.17) is 0 Å². The number of carbonyl (C=O) groups is 4.